The van der Waals surface area contributed by atoms with E-state index in [4.69, 9.17) is 58.8 Å². The molecule has 0 spiro atoms. The Morgan fingerprint density at radius 3 is 1.26 bits per heavy atom. The second-order valence-electron chi connectivity index (χ2n) is 28.5. The minimum atomic E-state index is -2.86. The van der Waals surface area contributed by atoms with Crippen LogP contribution in [-0.4, -0.2) is 292 Å². The largest absolute Gasteiger partial charge is 0.391 e. The number of aliphatic hydroxyl groups excluding tert-OH is 10. The van der Waals surface area contributed by atoms with E-state index in [-0.39, 0.29) is 78.9 Å². The van der Waals surface area contributed by atoms with Gasteiger partial charge in [-0.2, -0.15) is 15.0 Å². The van der Waals surface area contributed by atoms with Gasteiger partial charge in [0.2, 0.25) is 46.2 Å². The molecule has 0 aromatic carbocycles. The maximum atomic E-state index is 15.5. The molecule has 0 amide bonds. The number of hydrogen-bond acceptors (Lipinski definition) is 32. The molecule has 10 aromatic heterocycles. The van der Waals surface area contributed by atoms with Crippen molar-refractivity contribution in [2.75, 3.05) is 56.3 Å². The zero-order chi connectivity index (χ0) is 91.8. The van der Waals surface area contributed by atoms with E-state index < -0.39 is 212 Å². The lowest BCUT2D eigenvalue weighted by Gasteiger charge is -2.24. The number of alkyl halides is 10. The molecule has 15 heterocycles. The van der Waals surface area contributed by atoms with Gasteiger partial charge in [0, 0.05) is 12.4 Å². The molecule has 10 aromatic rings. The van der Waals surface area contributed by atoms with Gasteiger partial charge in [-0.15, -0.1) is 0 Å². The van der Waals surface area contributed by atoms with E-state index in [1.165, 1.54) is 81.8 Å². The Morgan fingerprint density at radius 2 is 0.824 bits per heavy atom. The number of nitrogen functional groups attached to an aromatic ring is 4. The van der Waals surface area contributed by atoms with E-state index in [9.17, 15) is 91.8 Å². The summed E-state index contributed by atoms with van der Waals surface area (Å²) in [6.45, 7) is 2.36. The van der Waals surface area contributed by atoms with Gasteiger partial charge in [0.15, 0.2) is 75.7 Å². The third-order valence-electron chi connectivity index (χ3n) is 19.9. The zero-order valence-corrected chi connectivity index (χ0v) is 66.3. The number of nitrogens with one attached hydrogen (secondary N) is 4. The molecular formula is C73H77F11N22O18S. The van der Waals surface area contributed by atoms with Crippen LogP contribution in [0.3, 0.4) is 0 Å². The number of aromatic amines is 4. The van der Waals surface area contributed by atoms with Crippen LogP contribution in [0.1, 0.15) is 71.6 Å². The summed E-state index contributed by atoms with van der Waals surface area (Å²) >= 11 is 5.06. The molecule has 125 heavy (non-hydrogen) atoms. The SMILES string of the molecule is C[C@@H](O)[C@H]1O[C@@H](n2ccc3c(=O)[nH]c(N)nc32)C(F)(C#CCF)[C@H]1O.C[C@@H](O)[C@H]1O[C@@H](n2cnc3c(=O)[nH]c(N)nc32)C(F)(C#CCF)[C@H]1O.C[C@@H](O)[C@H]1O[C@@H](n2cnc3c(=S)nc(N)[nH]c32)C(F)(C#CCF)[C@H]1O.C[C@@H](O)[C@H]1O[C@@H](n2cnc3cnc(N)nc32)C(F)(C#CCF)[C@H]1O.Cc1nc2c(c(F)cn2[C@@H]2O[C@H]([C@@H](C)O)[C@H](O)C2(F)C#CCF)c(=O)[nH]1. The topological polar surface area (TPSA) is 608 Å². The maximum Gasteiger partial charge on any atom is 0.280 e. The van der Waals surface area contributed by atoms with Crippen LogP contribution in [0.4, 0.5) is 72.1 Å². The molecule has 0 saturated carbocycles. The minimum absolute atomic E-state index is 0.00812. The smallest absolute Gasteiger partial charge is 0.280 e. The average molecular weight is 1790 g/mol. The van der Waals surface area contributed by atoms with E-state index in [1.807, 2.05) is 47.4 Å². The van der Waals surface area contributed by atoms with Gasteiger partial charge in [-0.3, -0.25) is 42.6 Å². The van der Waals surface area contributed by atoms with Gasteiger partial charge in [0.25, 0.3) is 16.7 Å². The highest BCUT2D eigenvalue weighted by atomic mass is 32.1. The summed E-state index contributed by atoms with van der Waals surface area (Å²) in [5, 5.41) is 99.5. The Morgan fingerprint density at radius 1 is 0.456 bits per heavy atom. The van der Waals surface area contributed by atoms with E-state index in [1.54, 1.807) is 0 Å². The molecule has 15 rings (SSSR count). The Labute approximate surface area is 698 Å². The van der Waals surface area contributed by atoms with Crippen molar-refractivity contribution in [2.24, 2.45) is 0 Å². The van der Waals surface area contributed by atoms with E-state index in [0.717, 1.165) is 26.2 Å². The van der Waals surface area contributed by atoms with Gasteiger partial charge < -0.3 is 112 Å². The summed E-state index contributed by atoms with van der Waals surface area (Å²) in [5.41, 5.74) is 7.00. The molecular weight excluding hydrogens is 1710 g/mol. The van der Waals surface area contributed by atoms with Crippen molar-refractivity contribution in [2.45, 2.75) is 193 Å². The predicted molar refractivity (Wildman–Crippen MR) is 415 cm³/mol. The lowest BCUT2D eigenvalue weighted by molar-refractivity contribution is -0.0777. The molecule has 22 N–H and O–H groups in total. The number of aliphatic hydroxyl groups is 10. The number of aryl methyl sites for hydroxylation is 1. The van der Waals surface area contributed by atoms with Crippen molar-refractivity contribution in [3.05, 3.63) is 91.0 Å². The molecule has 0 radical (unpaired) electrons. The summed E-state index contributed by atoms with van der Waals surface area (Å²) < 4.78 is 186. The molecule has 0 aliphatic carbocycles. The zero-order valence-electron chi connectivity index (χ0n) is 65.5. The monoisotopic (exact) mass is 1790 g/mol. The molecule has 5 saturated heterocycles. The van der Waals surface area contributed by atoms with Crippen molar-refractivity contribution >= 4 is 91.6 Å². The lowest BCUT2D eigenvalue weighted by atomic mass is 9.94. The number of imidazole rings is 3. The second kappa shape index (κ2) is 37.1. The fraction of sp³-hybridized carbons (Fsp3) is 0.493. The summed E-state index contributed by atoms with van der Waals surface area (Å²) in [7, 11) is 0. The number of halogens is 11. The van der Waals surface area contributed by atoms with Crippen molar-refractivity contribution in [1.82, 2.24) is 87.6 Å². The van der Waals surface area contributed by atoms with Crippen molar-refractivity contribution < 1.29 is 123 Å². The molecule has 5 aliphatic rings. The third kappa shape index (κ3) is 17.6. The quantitative estimate of drug-likeness (QED) is 0.0455. The molecule has 40 nitrogen and oxygen atoms in total. The normalized spacial score (nSPS) is 30.2. The number of nitrogens with zero attached hydrogens (tertiary/aromatic N) is 14. The van der Waals surface area contributed by atoms with Gasteiger partial charge in [-0.25, -0.2) is 78.2 Å². The highest BCUT2D eigenvalue weighted by Gasteiger charge is 2.64. The highest BCUT2D eigenvalue weighted by Crippen LogP contribution is 2.49. The van der Waals surface area contributed by atoms with Gasteiger partial charge >= 0.3 is 0 Å². The van der Waals surface area contributed by atoms with E-state index in [0.29, 0.717) is 5.52 Å². The first-order chi connectivity index (χ1) is 59.0. The van der Waals surface area contributed by atoms with Crippen LogP contribution in [0.5, 0.6) is 0 Å². The molecule has 5 unspecified atom stereocenters. The highest BCUT2D eigenvalue weighted by molar-refractivity contribution is 7.71. The van der Waals surface area contributed by atoms with E-state index in [2.05, 4.69) is 76.6 Å². The van der Waals surface area contributed by atoms with Crippen LogP contribution in [0.15, 0.2) is 58.0 Å². The summed E-state index contributed by atoms with van der Waals surface area (Å²) in [5.74, 6) is 18.5. The van der Waals surface area contributed by atoms with Crippen LogP contribution < -0.4 is 39.6 Å². The first-order valence-corrected chi connectivity index (χ1v) is 37.2. The fourth-order valence-electron chi connectivity index (χ4n) is 14.2. The van der Waals surface area contributed by atoms with Gasteiger partial charge in [-0.05, 0) is 47.6 Å². The lowest BCUT2D eigenvalue weighted by Crippen LogP contribution is -2.44. The summed E-state index contributed by atoms with van der Waals surface area (Å²) in [4.78, 5) is 80.6. The molecule has 670 valence electrons. The Kier molecular flexibility index (Phi) is 27.9. The van der Waals surface area contributed by atoms with Crippen LogP contribution in [0.25, 0.3) is 55.6 Å². The molecule has 0 bridgehead atoms. The first-order valence-electron chi connectivity index (χ1n) is 36.8. The standard InChI is InChI=1S/C16H16F3N3O4.C15H16F2N4O4.C14H15F2N5O4.C14H15F2N5O3S.C14H15F2N5O3/c1-7(23)11-12(24)16(19,4-3-5-17)15(26-11)22-6-9(18)10-13(22)20-8(2)21-14(10)25;1-7(22)9-10(23)15(17,4-2-5-16)13(25-9)21-6-3-8-11(21)19-14(18)20-12(8)24;1-6(22)8-9(23)14(16,3-2-4-15)12(25-8)21-5-18-7-10(21)19-13(17)20-11(7)24;1-6(22)8-9(23)14(16,3-2-4-15)12(24-8)21-5-18-7-10(21)19-13(17)20-11(7)25;1-7(22)9-10(23)14(16,3-2-4-15)12(24-9)21-6-19-8-5-18-13(17)20-11(8)21/h6-7,11-12,15,23-24H,5H2,1-2H3,(H,20,21,25);3,6-7,9-10,13,22-23H,5H2,1H3,(H3,18,19,20,24);5-6,8-9,12,22-23H,4H2,1H3,(H3,17,19,20,24);5-6,8-9,12,22-23H,4H2,1H3,(H3,17,19,20,25);5-7,9-10,12,22-23H,4H2,1H3,(H2,17,18,20)/t7-,11-,12+,15-,16?;7-,9-,10+,13-,15?;2*6-,8-,9+,12-,14?;7-,9-,10+,12-,14?/m11111/s1. The summed E-state index contributed by atoms with van der Waals surface area (Å²) in [6.07, 6.45) is -22.9. The Bertz CT molecular complexity index is 5900. The van der Waals surface area contributed by atoms with Crippen LogP contribution in [-0.2, 0) is 23.7 Å². The number of aromatic nitrogens is 18. The third-order valence-corrected chi connectivity index (χ3v) is 20.2. The number of hydrogen-bond donors (Lipinski definition) is 18. The van der Waals surface area contributed by atoms with Gasteiger partial charge in [0.05, 0.1) is 61.1 Å². The number of rotatable bonds is 10. The van der Waals surface area contributed by atoms with E-state index >= 15 is 22.0 Å². The number of anilines is 4. The van der Waals surface area contributed by atoms with Crippen LogP contribution >= 0.6 is 12.2 Å². The fourth-order valence-corrected chi connectivity index (χ4v) is 14.4. The van der Waals surface area contributed by atoms with Crippen LogP contribution in [0, 0.1) is 76.6 Å². The number of fused-ring (bicyclic) bond motifs is 5. The number of ether oxygens (including phenoxy) is 5. The Hall–Kier alpha value is -11.9. The molecule has 25 atom stereocenters. The van der Waals surface area contributed by atoms with Crippen molar-refractivity contribution in [3.63, 3.8) is 0 Å². The molecule has 52 heteroatoms. The predicted octanol–water partition coefficient (Wildman–Crippen LogP) is -0.738. The molecule has 5 aliphatic heterocycles. The first kappa shape index (κ1) is 93.8. The Balaban J connectivity index is 0.000000152. The number of H-pyrrole nitrogens is 4. The van der Waals surface area contributed by atoms with Gasteiger partial charge in [-0.1, -0.05) is 71.4 Å². The minimum Gasteiger partial charge on any atom is -0.391 e. The van der Waals surface area contributed by atoms with Crippen molar-refractivity contribution in [3.8, 4) is 59.2 Å². The average Bonchev–Trinajstić information content (AvgIpc) is 1.40. The van der Waals surface area contributed by atoms with Crippen LogP contribution in [0.2, 0.25) is 0 Å². The summed E-state index contributed by atoms with van der Waals surface area (Å²) in [6, 6.07) is 1.37. The molecule has 5 fully saturated rings. The maximum absolute atomic E-state index is 15.5. The second-order valence-corrected chi connectivity index (χ2v) is 28.9. The van der Waals surface area contributed by atoms with Crippen molar-refractivity contribution in [1.29, 1.82) is 0 Å². The van der Waals surface area contributed by atoms with Gasteiger partial charge in [0.1, 0.15) is 122 Å². The number of nitrogens with two attached hydrogens (primary N) is 4.